The van der Waals surface area contributed by atoms with Crippen LogP contribution in [0.25, 0.3) is 10.9 Å². The van der Waals surface area contributed by atoms with Crippen molar-refractivity contribution in [3.05, 3.63) is 40.2 Å². The molecule has 0 aliphatic rings. The van der Waals surface area contributed by atoms with Gasteiger partial charge in [0.15, 0.2) is 0 Å². The van der Waals surface area contributed by atoms with Gasteiger partial charge < -0.3 is 10.7 Å². The zero-order valence-corrected chi connectivity index (χ0v) is 8.71. The molecule has 1 aromatic carbocycles. The zero-order valence-electron chi connectivity index (χ0n) is 8.71. The highest BCUT2D eigenvalue weighted by molar-refractivity contribution is 5.82. The Labute approximate surface area is 87.9 Å². The van der Waals surface area contributed by atoms with Gasteiger partial charge in [-0.2, -0.15) is 0 Å². The van der Waals surface area contributed by atoms with Crippen molar-refractivity contribution < 1.29 is 0 Å². The smallest absolute Gasteiger partial charge is 0.251 e. The number of fused-ring (bicyclic) bond motifs is 1. The molecule has 0 aliphatic carbocycles. The van der Waals surface area contributed by atoms with E-state index in [9.17, 15) is 4.79 Å². The number of aromatic amines is 1. The largest absolute Gasteiger partial charge is 0.399 e. The van der Waals surface area contributed by atoms with Crippen molar-refractivity contribution in [3.8, 4) is 0 Å². The molecule has 0 unspecified atom stereocenters. The average Bonchev–Trinajstić information content (AvgIpc) is 2.20. The van der Waals surface area contributed by atoms with E-state index in [0.717, 1.165) is 35.0 Å². The maximum absolute atomic E-state index is 11.6. The second-order valence-electron chi connectivity index (χ2n) is 3.72. The molecular formula is C12H14N2O. The molecule has 0 radical (unpaired) electrons. The van der Waals surface area contributed by atoms with Gasteiger partial charge in [0.2, 0.25) is 0 Å². The number of nitrogen functional groups attached to an aromatic ring is 1. The zero-order chi connectivity index (χ0) is 10.8. The maximum Gasteiger partial charge on any atom is 0.251 e. The standard InChI is InChI=1S/C12H14N2O/c1-2-3-8-6-9-7-10(13)4-5-11(9)14-12(8)15/h4-7H,2-3,13H2,1H3,(H,14,15). The van der Waals surface area contributed by atoms with E-state index in [2.05, 4.69) is 11.9 Å². The molecule has 3 N–H and O–H groups in total. The maximum atomic E-state index is 11.6. The van der Waals surface area contributed by atoms with Crippen LogP contribution in [0.5, 0.6) is 0 Å². The topological polar surface area (TPSA) is 58.9 Å². The van der Waals surface area contributed by atoms with Gasteiger partial charge in [0.1, 0.15) is 0 Å². The molecule has 3 nitrogen and oxygen atoms in total. The SMILES string of the molecule is CCCc1cc2cc(N)ccc2[nH]c1=O. The van der Waals surface area contributed by atoms with E-state index in [-0.39, 0.29) is 5.56 Å². The summed E-state index contributed by atoms with van der Waals surface area (Å²) in [6.45, 7) is 2.06. The van der Waals surface area contributed by atoms with Crippen LogP contribution in [0.3, 0.4) is 0 Å². The normalized spacial score (nSPS) is 10.7. The van der Waals surface area contributed by atoms with Crippen molar-refractivity contribution in [3.63, 3.8) is 0 Å². The van der Waals surface area contributed by atoms with Gasteiger partial charge in [-0.25, -0.2) is 0 Å². The second-order valence-corrected chi connectivity index (χ2v) is 3.72. The van der Waals surface area contributed by atoms with Crippen molar-refractivity contribution in [1.82, 2.24) is 4.98 Å². The summed E-state index contributed by atoms with van der Waals surface area (Å²) in [6.07, 6.45) is 1.77. The third-order valence-electron chi connectivity index (χ3n) is 2.46. The summed E-state index contributed by atoms with van der Waals surface area (Å²) in [4.78, 5) is 14.5. The van der Waals surface area contributed by atoms with E-state index in [1.165, 1.54) is 0 Å². The number of nitrogens with two attached hydrogens (primary N) is 1. The van der Waals surface area contributed by atoms with Crippen molar-refractivity contribution in [2.24, 2.45) is 0 Å². The summed E-state index contributed by atoms with van der Waals surface area (Å²) < 4.78 is 0. The summed E-state index contributed by atoms with van der Waals surface area (Å²) in [7, 11) is 0. The third kappa shape index (κ3) is 1.86. The van der Waals surface area contributed by atoms with Crippen LogP contribution < -0.4 is 11.3 Å². The molecule has 1 aromatic heterocycles. The molecule has 0 fully saturated rings. The van der Waals surface area contributed by atoms with Crippen molar-refractivity contribution in [2.45, 2.75) is 19.8 Å². The molecular weight excluding hydrogens is 188 g/mol. The number of benzene rings is 1. The van der Waals surface area contributed by atoms with Crippen LogP contribution in [0.1, 0.15) is 18.9 Å². The first-order valence-electron chi connectivity index (χ1n) is 5.12. The lowest BCUT2D eigenvalue weighted by Gasteiger charge is -2.02. The van der Waals surface area contributed by atoms with Crippen molar-refractivity contribution >= 4 is 16.6 Å². The molecule has 0 spiro atoms. The molecule has 0 saturated heterocycles. The number of hydrogen-bond donors (Lipinski definition) is 2. The number of rotatable bonds is 2. The minimum Gasteiger partial charge on any atom is -0.399 e. The predicted molar refractivity (Wildman–Crippen MR) is 63.0 cm³/mol. The highest BCUT2D eigenvalue weighted by atomic mass is 16.1. The number of aryl methyl sites for hydroxylation is 1. The minimum absolute atomic E-state index is 0.00845. The Bertz CT molecular complexity index is 543. The summed E-state index contributed by atoms with van der Waals surface area (Å²) in [6, 6.07) is 7.43. The van der Waals surface area contributed by atoms with Crippen molar-refractivity contribution in [1.29, 1.82) is 0 Å². The van der Waals surface area contributed by atoms with Crippen LogP contribution in [-0.2, 0) is 6.42 Å². The first kappa shape index (κ1) is 9.77. The number of H-pyrrole nitrogens is 1. The average molecular weight is 202 g/mol. The molecule has 0 saturated carbocycles. The molecule has 1 heterocycles. The summed E-state index contributed by atoms with van der Waals surface area (Å²) in [5, 5.41) is 0.998. The van der Waals surface area contributed by atoms with Crippen LogP contribution in [-0.4, -0.2) is 4.98 Å². The Hall–Kier alpha value is -1.77. The Morgan fingerprint density at radius 1 is 1.33 bits per heavy atom. The number of anilines is 1. The van der Waals surface area contributed by atoms with E-state index < -0.39 is 0 Å². The third-order valence-corrected chi connectivity index (χ3v) is 2.46. The monoisotopic (exact) mass is 202 g/mol. The Kier molecular flexibility index (Phi) is 2.46. The fourth-order valence-corrected chi connectivity index (χ4v) is 1.73. The van der Waals surface area contributed by atoms with E-state index in [1.54, 1.807) is 6.07 Å². The van der Waals surface area contributed by atoms with Crippen molar-refractivity contribution in [2.75, 3.05) is 5.73 Å². The highest BCUT2D eigenvalue weighted by Crippen LogP contribution is 2.15. The summed E-state index contributed by atoms with van der Waals surface area (Å²) in [5.41, 5.74) is 8.09. The molecule has 0 aliphatic heterocycles. The van der Waals surface area contributed by atoms with Gasteiger partial charge in [0.25, 0.3) is 5.56 Å². The van der Waals surface area contributed by atoms with Crippen LogP contribution in [0.2, 0.25) is 0 Å². The highest BCUT2D eigenvalue weighted by Gasteiger charge is 2.01. The van der Waals surface area contributed by atoms with Crippen LogP contribution in [0, 0.1) is 0 Å². The molecule has 3 heteroatoms. The molecule has 0 amide bonds. The van der Waals surface area contributed by atoms with E-state index in [0.29, 0.717) is 0 Å². The van der Waals surface area contributed by atoms with Gasteiger partial charge in [0, 0.05) is 22.2 Å². The van der Waals surface area contributed by atoms with Gasteiger partial charge in [-0.3, -0.25) is 4.79 Å². The van der Waals surface area contributed by atoms with E-state index >= 15 is 0 Å². The number of pyridine rings is 1. The molecule has 78 valence electrons. The van der Waals surface area contributed by atoms with Gasteiger partial charge in [0.05, 0.1) is 0 Å². The molecule has 2 rings (SSSR count). The lowest BCUT2D eigenvalue weighted by molar-refractivity contribution is 0.905. The van der Waals surface area contributed by atoms with E-state index in [4.69, 9.17) is 5.73 Å². The predicted octanol–water partition coefficient (Wildman–Crippen LogP) is 2.06. The molecule has 2 aromatic rings. The van der Waals surface area contributed by atoms with Crippen LogP contribution in [0.15, 0.2) is 29.1 Å². The minimum atomic E-state index is 0.00845. The first-order chi connectivity index (χ1) is 7.20. The van der Waals surface area contributed by atoms with Gasteiger partial charge >= 0.3 is 0 Å². The Morgan fingerprint density at radius 2 is 2.13 bits per heavy atom. The quantitative estimate of drug-likeness (QED) is 0.732. The van der Waals surface area contributed by atoms with Gasteiger partial charge in [-0.1, -0.05) is 13.3 Å². The number of nitrogens with one attached hydrogen (secondary N) is 1. The van der Waals surface area contributed by atoms with Crippen LogP contribution in [0.4, 0.5) is 5.69 Å². The van der Waals surface area contributed by atoms with Gasteiger partial charge in [-0.05, 0) is 30.7 Å². The number of hydrogen-bond acceptors (Lipinski definition) is 2. The Balaban J connectivity index is 2.66. The van der Waals surface area contributed by atoms with Crippen LogP contribution >= 0.6 is 0 Å². The van der Waals surface area contributed by atoms with Gasteiger partial charge in [-0.15, -0.1) is 0 Å². The molecule has 0 bridgehead atoms. The summed E-state index contributed by atoms with van der Waals surface area (Å²) >= 11 is 0. The number of aromatic nitrogens is 1. The lowest BCUT2D eigenvalue weighted by atomic mass is 10.1. The van der Waals surface area contributed by atoms with E-state index in [1.807, 2.05) is 18.2 Å². The fourth-order valence-electron chi connectivity index (χ4n) is 1.73. The molecule has 0 atom stereocenters. The second kappa shape index (κ2) is 3.77. The molecule has 15 heavy (non-hydrogen) atoms. The first-order valence-corrected chi connectivity index (χ1v) is 5.12. The Morgan fingerprint density at radius 3 is 2.87 bits per heavy atom. The lowest BCUT2D eigenvalue weighted by Crippen LogP contribution is -2.11. The summed E-state index contributed by atoms with van der Waals surface area (Å²) in [5.74, 6) is 0. The fraction of sp³-hybridized carbons (Fsp3) is 0.250.